The van der Waals surface area contributed by atoms with Gasteiger partial charge >= 0.3 is 0 Å². The Kier molecular flexibility index (Phi) is 6.54. The number of ether oxygens (including phenoxy) is 1. The molecule has 0 spiro atoms. The zero-order valence-electron chi connectivity index (χ0n) is 15.9. The van der Waals surface area contributed by atoms with Crippen LogP contribution in [0, 0.1) is 6.92 Å². The second-order valence-electron chi connectivity index (χ2n) is 6.81. The molecule has 0 aliphatic carbocycles. The molecule has 1 aliphatic heterocycles. The van der Waals surface area contributed by atoms with Crippen LogP contribution < -0.4 is 5.32 Å². The molecule has 1 atom stereocenters. The molecule has 3 aromatic rings. The second kappa shape index (κ2) is 9.30. The van der Waals surface area contributed by atoms with Crippen molar-refractivity contribution in [3.05, 3.63) is 45.6 Å². The predicted octanol–water partition coefficient (Wildman–Crippen LogP) is 4.88. The van der Waals surface area contributed by atoms with Crippen molar-refractivity contribution in [1.82, 2.24) is 14.8 Å². The Balaban J connectivity index is 1.49. The van der Waals surface area contributed by atoms with E-state index in [4.69, 9.17) is 16.3 Å². The van der Waals surface area contributed by atoms with Crippen LogP contribution in [-0.2, 0) is 16.1 Å². The third-order valence-electron chi connectivity index (χ3n) is 4.60. The first-order valence-electron chi connectivity index (χ1n) is 9.37. The van der Waals surface area contributed by atoms with Crippen LogP contribution in [-0.4, -0.2) is 39.1 Å². The minimum Gasteiger partial charge on any atom is -0.376 e. The minimum absolute atomic E-state index is 0.136. The summed E-state index contributed by atoms with van der Waals surface area (Å²) in [6.07, 6.45) is 2.25. The SMILES string of the molecule is Cc1cc(-c2nnc(SCC(=O)Nc3ccccc3Cl)n2CC2CCCO2)cs1. The summed E-state index contributed by atoms with van der Waals surface area (Å²) < 4.78 is 7.89. The fraction of sp³-hybridized carbons (Fsp3) is 0.350. The van der Waals surface area contributed by atoms with Crippen LogP contribution >= 0.6 is 34.7 Å². The number of benzene rings is 1. The number of anilines is 1. The highest BCUT2D eigenvalue weighted by Gasteiger charge is 2.22. The summed E-state index contributed by atoms with van der Waals surface area (Å²) in [5, 5.41) is 14.9. The number of hydrogen-bond acceptors (Lipinski definition) is 6. The van der Waals surface area contributed by atoms with E-state index >= 15 is 0 Å². The standard InChI is InChI=1S/C20H21ClN4O2S2/c1-13-9-14(11-28-13)19-23-24-20(25(19)10-15-5-4-8-27-15)29-12-18(26)22-17-7-3-2-6-16(17)21/h2-3,6-7,9,11,15H,4-5,8,10,12H2,1H3,(H,22,26). The number of amides is 1. The lowest BCUT2D eigenvalue weighted by Crippen LogP contribution is -2.18. The zero-order valence-corrected chi connectivity index (χ0v) is 18.3. The lowest BCUT2D eigenvalue weighted by molar-refractivity contribution is -0.113. The first-order chi connectivity index (χ1) is 14.1. The van der Waals surface area contributed by atoms with Crippen molar-refractivity contribution in [1.29, 1.82) is 0 Å². The topological polar surface area (TPSA) is 69.0 Å². The maximum Gasteiger partial charge on any atom is 0.234 e. The summed E-state index contributed by atoms with van der Waals surface area (Å²) in [5.41, 5.74) is 1.65. The predicted molar refractivity (Wildman–Crippen MR) is 118 cm³/mol. The number of nitrogens with one attached hydrogen (secondary N) is 1. The minimum atomic E-state index is -0.136. The molecule has 1 amide bonds. The van der Waals surface area contributed by atoms with Crippen LogP contribution in [0.25, 0.3) is 11.4 Å². The van der Waals surface area contributed by atoms with Crippen molar-refractivity contribution in [2.24, 2.45) is 0 Å². The van der Waals surface area contributed by atoms with Gasteiger partial charge in [0, 0.05) is 22.4 Å². The van der Waals surface area contributed by atoms with Gasteiger partial charge in [-0.25, -0.2) is 0 Å². The van der Waals surface area contributed by atoms with Gasteiger partial charge < -0.3 is 10.1 Å². The first kappa shape index (κ1) is 20.4. The van der Waals surface area contributed by atoms with Crippen LogP contribution in [0.15, 0.2) is 40.9 Å². The van der Waals surface area contributed by atoms with Gasteiger partial charge in [0.15, 0.2) is 11.0 Å². The highest BCUT2D eigenvalue weighted by Crippen LogP contribution is 2.29. The second-order valence-corrected chi connectivity index (χ2v) is 9.28. The molecule has 9 heteroatoms. The van der Waals surface area contributed by atoms with Gasteiger partial charge in [0.05, 0.1) is 29.1 Å². The van der Waals surface area contributed by atoms with Gasteiger partial charge in [0.2, 0.25) is 5.91 Å². The Morgan fingerprint density at radius 1 is 1.41 bits per heavy atom. The lowest BCUT2D eigenvalue weighted by Gasteiger charge is -2.14. The highest BCUT2D eigenvalue weighted by atomic mass is 35.5. The molecule has 2 aromatic heterocycles. The number of aryl methyl sites for hydroxylation is 1. The zero-order chi connectivity index (χ0) is 20.2. The van der Waals surface area contributed by atoms with Crippen LogP contribution in [0.1, 0.15) is 17.7 Å². The van der Waals surface area contributed by atoms with E-state index in [1.165, 1.54) is 16.6 Å². The molecule has 0 radical (unpaired) electrons. The van der Waals surface area contributed by atoms with Crippen LogP contribution in [0.2, 0.25) is 5.02 Å². The maximum atomic E-state index is 12.4. The maximum absolute atomic E-state index is 12.4. The molecule has 1 saturated heterocycles. The van der Waals surface area contributed by atoms with E-state index < -0.39 is 0 Å². The van der Waals surface area contributed by atoms with Gasteiger partial charge in [0.25, 0.3) is 0 Å². The van der Waals surface area contributed by atoms with Gasteiger partial charge in [-0.05, 0) is 38.0 Å². The van der Waals surface area contributed by atoms with Gasteiger partial charge in [-0.15, -0.1) is 21.5 Å². The molecule has 0 saturated carbocycles. The number of carbonyl (C=O) groups is 1. The van der Waals surface area contributed by atoms with E-state index in [0.717, 1.165) is 30.8 Å². The Labute approximate surface area is 182 Å². The summed E-state index contributed by atoms with van der Waals surface area (Å²) in [6.45, 7) is 3.55. The molecule has 1 fully saturated rings. The molecule has 4 rings (SSSR count). The fourth-order valence-electron chi connectivity index (χ4n) is 3.21. The summed E-state index contributed by atoms with van der Waals surface area (Å²) in [5.74, 6) is 0.902. The van der Waals surface area contributed by atoms with Crippen molar-refractivity contribution in [3.8, 4) is 11.4 Å². The number of hydrogen-bond donors (Lipinski definition) is 1. The number of nitrogens with zero attached hydrogens (tertiary/aromatic N) is 3. The van der Waals surface area contributed by atoms with Crippen molar-refractivity contribution >= 4 is 46.3 Å². The van der Waals surface area contributed by atoms with E-state index in [1.54, 1.807) is 23.5 Å². The van der Waals surface area contributed by atoms with Crippen molar-refractivity contribution < 1.29 is 9.53 Å². The fourth-order valence-corrected chi connectivity index (χ4v) is 4.82. The van der Waals surface area contributed by atoms with E-state index in [2.05, 4.69) is 38.5 Å². The Hall–Kier alpha value is -1.87. The van der Waals surface area contributed by atoms with Gasteiger partial charge in [-0.2, -0.15) is 0 Å². The Bertz CT molecular complexity index is 998. The molecule has 6 nitrogen and oxygen atoms in total. The van der Waals surface area contributed by atoms with Gasteiger partial charge in [0.1, 0.15) is 0 Å². The summed E-state index contributed by atoms with van der Waals surface area (Å²) in [4.78, 5) is 13.6. The summed E-state index contributed by atoms with van der Waals surface area (Å²) in [7, 11) is 0. The van der Waals surface area contributed by atoms with E-state index in [-0.39, 0.29) is 17.8 Å². The van der Waals surface area contributed by atoms with Gasteiger partial charge in [-0.1, -0.05) is 35.5 Å². The molecule has 1 N–H and O–H groups in total. The third kappa shape index (κ3) is 5.01. The number of thioether (sulfide) groups is 1. The largest absolute Gasteiger partial charge is 0.376 e. The monoisotopic (exact) mass is 448 g/mol. The van der Waals surface area contributed by atoms with E-state index in [1.807, 2.05) is 12.1 Å². The lowest BCUT2D eigenvalue weighted by atomic mass is 10.2. The summed E-state index contributed by atoms with van der Waals surface area (Å²) in [6, 6.07) is 9.30. The smallest absolute Gasteiger partial charge is 0.234 e. The van der Waals surface area contributed by atoms with Crippen LogP contribution in [0.5, 0.6) is 0 Å². The molecular formula is C20H21ClN4O2S2. The quantitative estimate of drug-likeness (QED) is 0.522. The van der Waals surface area contributed by atoms with Crippen LogP contribution in [0.4, 0.5) is 5.69 Å². The normalized spacial score (nSPS) is 16.3. The number of para-hydroxylation sites is 1. The van der Waals surface area contributed by atoms with Crippen molar-refractivity contribution in [2.45, 2.75) is 37.6 Å². The van der Waals surface area contributed by atoms with Crippen LogP contribution in [0.3, 0.4) is 0 Å². The number of aromatic nitrogens is 3. The van der Waals surface area contributed by atoms with Crippen molar-refractivity contribution in [2.75, 3.05) is 17.7 Å². The van der Waals surface area contributed by atoms with E-state index in [0.29, 0.717) is 22.4 Å². The molecule has 3 heterocycles. The van der Waals surface area contributed by atoms with E-state index in [9.17, 15) is 4.79 Å². The average Bonchev–Trinajstić information content (AvgIpc) is 3.44. The number of thiophene rings is 1. The number of rotatable bonds is 7. The third-order valence-corrected chi connectivity index (χ3v) is 6.75. The molecular weight excluding hydrogens is 428 g/mol. The highest BCUT2D eigenvalue weighted by molar-refractivity contribution is 7.99. The average molecular weight is 449 g/mol. The number of halogens is 1. The molecule has 0 bridgehead atoms. The Morgan fingerprint density at radius 3 is 3.00 bits per heavy atom. The molecule has 152 valence electrons. The molecule has 1 aromatic carbocycles. The molecule has 29 heavy (non-hydrogen) atoms. The number of carbonyl (C=O) groups excluding carboxylic acids is 1. The molecule has 1 aliphatic rings. The van der Waals surface area contributed by atoms with Gasteiger partial charge in [-0.3, -0.25) is 9.36 Å². The summed E-state index contributed by atoms with van der Waals surface area (Å²) >= 11 is 9.17. The first-order valence-corrected chi connectivity index (χ1v) is 11.6. The molecule has 1 unspecified atom stereocenters. The Morgan fingerprint density at radius 2 is 2.28 bits per heavy atom. The van der Waals surface area contributed by atoms with Crippen molar-refractivity contribution in [3.63, 3.8) is 0 Å².